The van der Waals surface area contributed by atoms with Crippen molar-refractivity contribution in [1.29, 1.82) is 0 Å². The van der Waals surface area contributed by atoms with Crippen molar-refractivity contribution in [3.63, 3.8) is 0 Å². The van der Waals surface area contributed by atoms with Gasteiger partial charge in [0.2, 0.25) is 0 Å². The van der Waals surface area contributed by atoms with E-state index in [1.165, 1.54) is 15.8 Å². The SMILES string of the molecule is CCCn1c(=NC(=O)c2ccccc2OC)sc2c(C)cc(C)cc21. The molecule has 0 aliphatic rings. The molecule has 1 aromatic heterocycles. The number of benzene rings is 2. The molecule has 0 N–H and O–H groups in total. The zero-order valence-corrected chi connectivity index (χ0v) is 15.8. The molecule has 0 aliphatic carbocycles. The number of hydrogen-bond acceptors (Lipinski definition) is 3. The number of carbonyl (C=O) groups excluding carboxylic acids is 1. The van der Waals surface area contributed by atoms with Gasteiger partial charge in [0.05, 0.1) is 22.9 Å². The van der Waals surface area contributed by atoms with E-state index in [2.05, 4.69) is 42.5 Å². The summed E-state index contributed by atoms with van der Waals surface area (Å²) in [5.41, 5.74) is 4.07. The van der Waals surface area contributed by atoms with E-state index < -0.39 is 0 Å². The number of aromatic nitrogens is 1. The van der Waals surface area contributed by atoms with Crippen LogP contribution in [0.15, 0.2) is 41.4 Å². The highest BCUT2D eigenvalue weighted by atomic mass is 32.1. The first-order chi connectivity index (χ1) is 12.0. The van der Waals surface area contributed by atoms with Crippen molar-refractivity contribution in [2.45, 2.75) is 33.7 Å². The number of rotatable bonds is 4. The second-order valence-electron chi connectivity index (χ2n) is 6.08. The molecule has 0 unspecified atom stereocenters. The highest BCUT2D eigenvalue weighted by Crippen LogP contribution is 2.24. The number of ether oxygens (including phenoxy) is 1. The first kappa shape index (κ1) is 17.4. The lowest BCUT2D eigenvalue weighted by atomic mass is 10.1. The van der Waals surface area contributed by atoms with Crippen LogP contribution in [0.4, 0.5) is 0 Å². The predicted molar refractivity (Wildman–Crippen MR) is 102 cm³/mol. The van der Waals surface area contributed by atoms with E-state index in [0.717, 1.165) is 23.3 Å². The molecular weight excluding hydrogens is 332 g/mol. The standard InChI is InChI=1S/C20H22N2O2S/c1-5-10-22-16-12-13(2)11-14(3)18(16)25-20(22)21-19(23)15-8-6-7-9-17(15)24-4/h6-9,11-12H,5,10H2,1-4H3. The number of para-hydroxylation sites is 1. The van der Waals surface area contributed by atoms with Gasteiger partial charge >= 0.3 is 0 Å². The van der Waals surface area contributed by atoms with Crippen LogP contribution in [0.25, 0.3) is 10.2 Å². The average molecular weight is 354 g/mol. The van der Waals surface area contributed by atoms with Crippen LogP contribution in [-0.2, 0) is 6.54 Å². The molecule has 25 heavy (non-hydrogen) atoms. The summed E-state index contributed by atoms with van der Waals surface area (Å²) in [6.07, 6.45) is 0.981. The van der Waals surface area contributed by atoms with E-state index in [1.807, 2.05) is 12.1 Å². The number of fused-ring (bicyclic) bond motifs is 1. The molecule has 1 heterocycles. The van der Waals surface area contributed by atoms with Crippen LogP contribution in [-0.4, -0.2) is 17.6 Å². The summed E-state index contributed by atoms with van der Waals surface area (Å²) < 4.78 is 8.62. The Morgan fingerprint density at radius 1 is 1.24 bits per heavy atom. The summed E-state index contributed by atoms with van der Waals surface area (Å²) in [7, 11) is 1.56. The van der Waals surface area contributed by atoms with Crippen molar-refractivity contribution < 1.29 is 9.53 Å². The number of nitrogens with zero attached hydrogens (tertiary/aromatic N) is 2. The monoisotopic (exact) mass is 354 g/mol. The molecule has 0 atom stereocenters. The molecule has 4 nitrogen and oxygen atoms in total. The van der Waals surface area contributed by atoms with Crippen molar-refractivity contribution in [3.8, 4) is 5.75 Å². The van der Waals surface area contributed by atoms with Crippen molar-refractivity contribution in [2.75, 3.05) is 7.11 Å². The van der Waals surface area contributed by atoms with Crippen LogP contribution in [0.3, 0.4) is 0 Å². The molecule has 0 saturated carbocycles. The minimum absolute atomic E-state index is 0.275. The normalized spacial score (nSPS) is 11.9. The van der Waals surface area contributed by atoms with Crippen molar-refractivity contribution >= 4 is 27.5 Å². The number of aryl methyl sites for hydroxylation is 3. The largest absolute Gasteiger partial charge is 0.496 e. The Labute approximate surface area is 151 Å². The molecule has 3 aromatic rings. The van der Waals surface area contributed by atoms with Crippen LogP contribution in [0, 0.1) is 13.8 Å². The molecule has 2 aromatic carbocycles. The first-order valence-electron chi connectivity index (χ1n) is 8.37. The molecule has 0 saturated heterocycles. The topological polar surface area (TPSA) is 43.6 Å². The van der Waals surface area contributed by atoms with Gasteiger partial charge in [-0.1, -0.05) is 36.5 Å². The van der Waals surface area contributed by atoms with Gasteiger partial charge in [0, 0.05) is 6.54 Å². The molecule has 0 bridgehead atoms. The summed E-state index contributed by atoms with van der Waals surface area (Å²) in [5, 5.41) is 0. The van der Waals surface area contributed by atoms with Gasteiger partial charge < -0.3 is 9.30 Å². The third-order valence-corrected chi connectivity index (χ3v) is 5.33. The summed E-state index contributed by atoms with van der Waals surface area (Å²) in [4.78, 5) is 17.9. The van der Waals surface area contributed by atoms with Crippen molar-refractivity contribution in [1.82, 2.24) is 4.57 Å². The highest BCUT2D eigenvalue weighted by Gasteiger charge is 2.13. The van der Waals surface area contributed by atoms with Gasteiger partial charge in [-0.05, 0) is 49.6 Å². The van der Waals surface area contributed by atoms with E-state index in [0.29, 0.717) is 11.3 Å². The lowest BCUT2D eigenvalue weighted by Gasteiger charge is -2.05. The second-order valence-corrected chi connectivity index (χ2v) is 7.06. The Morgan fingerprint density at radius 2 is 2.00 bits per heavy atom. The van der Waals surface area contributed by atoms with Gasteiger partial charge in [0.25, 0.3) is 5.91 Å². The van der Waals surface area contributed by atoms with Crippen LogP contribution in [0.1, 0.15) is 34.8 Å². The molecule has 0 radical (unpaired) electrons. The van der Waals surface area contributed by atoms with E-state index in [4.69, 9.17) is 4.74 Å². The van der Waals surface area contributed by atoms with Crippen LogP contribution in [0.2, 0.25) is 0 Å². The molecule has 130 valence electrons. The quantitative estimate of drug-likeness (QED) is 0.693. The Bertz CT molecular complexity index is 999. The van der Waals surface area contributed by atoms with Crippen molar-refractivity contribution in [3.05, 3.63) is 57.9 Å². The number of carbonyl (C=O) groups is 1. The fraction of sp³-hybridized carbons (Fsp3) is 0.300. The van der Waals surface area contributed by atoms with Gasteiger partial charge in [-0.15, -0.1) is 0 Å². The highest BCUT2D eigenvalue weighted by molar-refractivity contribution is 7.16. The van der Waals surface area contributed by atoms with Crippen LogP contribution in [0.5, 0.6) is 5.75 Å². The van der Waals surface area contributed by atoms with Gasteiger partial charge in [0.15, 0.2) is 4.80 Å². The Morgan fingerprint density at radius 3 is 2.72 bits per heavy atom. The van der Waals surface area contributed by atoms with Crippen LogP contribution < -0.4 is 9.54 Å². The first-order valence-corrected chi connectivity index (χ1v) is 9.19. The summed E-state index contributed by atoms with van der Waals surface area (Å²) in [6, 6.07) is 11.5. The maximum atomic E-state index is 12.7. The zero-order valence-electron chi connectivity index (χ0n) is 15.0. The number of amides is 1. The fourth-order valence-electron chi connectivity index (χ4n) is 3.01. The predicted octanol–water partition coefficient (Wildman–Crippen LogP) is 4.48. The molecule has 1 amide bonds. The lowest BCUT2D eigenvalue weighted by Crippen LogP contribution is -2.17. The summed E-state index contributed by atoms with van der Waals surface area (Å²) in [6.45, 7) is 7.16. The minimum atomic E-state index is -0.275. The number of methoxy groups -OCH3 is 1. The molecule has 0 aliphatic heterocycles. The van der Waals surface area contributed by atoms with E-state index in [9.17, 15) is 4.79 Å². The smallest absolute Gasteiger partial charge is 0.283 e. The number of thiazole rings is 1. The van der Waals surface area contributed by atoms with Gasteiger partial charge in [-0.3, -0.25) is 4.79 Å². The van der Waals surface area contributed by atoms with Gasteiger partial charge in [-0.25, -0.2) is 0 Å². The lowest BCUT2D eigenvalue weighted by molar-refractivity contribution is 0.0995. The second kappa shape index (κ2) is 7.23. The number of hydrogen-bond donors (Lipinski definition) is 0. The molecule has 5 heteroatoms. The molecule has 0 spiro atoms. The maximum Gasteiger partial charge on any atom is 0.283 e. The molecule has 0 fully saturated rings. The van der Waals surface area contributed by atoms with Crippen molar-refractivity contribution in [2.24, 2.45) is 4.99 Å². The molecular formula is C20H22N2O2S. The fourth-order valence-corrected chi connectivity index (χ4v) is 4.11. The molecule has 3 rings (SSSR count). The average Bonchev–Trinajstić information content (AvgIpc) is 2.93. The van der Waals surface area contributed by atoms with Crippen LogP contribution >= 0.6 is 11.3 Å². The van der Waals surface area contributed by atoms with E-state index in [-0.39, 0.29) is 5.91 Å². The van der Waals surface area contributed by atoms with E-state index in [1.54, 1.807) is 30.6 Å². The summed E-state index contributed by atoms with van der Waals surface area (Å²) >= 11 is 1.57. The third-order valence-electron chi connectivity index (χ3n) is 4.10. The summed E-state index contributed by atoms with van der Waals surface area (Å²) in [5.74, 6) is 0.273. The zero-order chi connectivity index (χ0) is 18.0. The Hall–Kier alpha value is -2.40. The van der Waals surface area contributed by atoms with E-state index >= 15 is 0 Å². The maximum absolute atomic E-state index is 12.7. The Balaban J connectivity index is 2.20. The van der Waals surface area contributed by atoms with Gasteiger partial charge in [0.1, 0.15) is 5.75 Å². The van der Waals surface area contributed by atoms with Gasteiger partial charge in [-0.2, -0.15) is 4.99 Å². The minimum Gasteiger partial charge on any atom is -0.496 e. The third kappa shape index (κ3) is 3.37. The Kier molecular flexibility index (Phi) is 5.04.